The molecule has 0 saturated heterocycles. The summed E-state index contributed by atoms with van der Waals surface area (Å²) in [5, 5.41) is 24.0. The van der Waals surface area contributed by atoms with Crippen LogP contribution >= 0.6 is 46.6 Å². The summed E-state index contributed by atoms with van der Waals surface area (Å²) in [5.41, 5.74) is 3.12. The Labute approximate surface area is 229 Å². The van der Waals surface area contributed by atoms with Crippen molar-refractivity contribution in [3.8, 4) is 17.1 Å². The average Bonchev–Trinajstić information content (AvgIpc) is 3.32. The fourth-order valence-corrected chi connectivity index (χ4v) is 4.35. The lowest BCUT2D eigenvalue weighted by molar-refractivity contribution is -0.387. The number of rotatable bonds is 9. The number of carbonyl (C=O) groups is 1. The highest BCUT2D eigenvalue weighted by molar-refractivity contribution is 7.99. The van der Waals surface area contributed by atoms with Gasteiger partial charge in [-0.1, -0.05) is 40.9 Å². The zero-order chi connectivity index (χ0) is 26.4. The molecule has 1 heterocycles. The van der Waals surface area contributed by atoms with Gasteiger partial charge in [0.1, 0.15) is 5.75 Å². The highest BCUT2D eigenvalue weighted by Crippen LogP contribution is 2.35. The summed E-state index contributed by atoms with van der Waals surface area (Å²) >= 11 is 18.9. The predicted molar refractivity (Wildman–Crippen MR) is 142 cm³/mol. The van der Waals surface area contributed by atoms with Crippen LogP contribution in [0.5, 0.6) is 5.75 Å². The van der Waals surface area contributed by atoms with Crippen LogP contribution in [-0.4, -0.2) is 38.8 Å². The van der Waals surface area contributed by atoms with Gasteiger partial charge >= 0.3 is 0 Å². The zero-order valence-electron chi connectivity index (χ0n) is 18.5. The van der Waals surface area contributed by atoms with E-state index in [0.717, 1.165) is 11.8 Å². The molecule has 0 aliphatic heterocycles. The Hall–Kier alpha value is -3.64. The molecule has 188 valence electrons. The number of aromatic amines is 1. The zero-order valence-corrected chi connectivity index (χ0v) is 21.6. The molecule has 0 atom stereocenters. The number of H-pyrrole nitrogens is 1. The molecule has 3 aromatic carbocycles. The third-order valence-electron chi connectivity index (χ3n) is 4.62. The lowest BCUT2D eigenvalue weighted by atomic mass is 10.2. The molecule has 0 aliphatic carbocycles. The highest BCUT2D eigenvalue weighted by Gasteiger charge is 2.18. The largest absolute Gasteiger partial charge is 0.484 e. The molecule has 4 aromatic rings. The van der Waals surface area contributed by atoms with Crippen LogP contribution in [0.15, 0.2) is 75.8 Å². The topological polar surface area (TPSA) is 135 Å². The van der Waals surface area contributed by atoms with Crippen molar-refractivity contribution in [2.45, 2.75) is 10.1 Å². The maximum atomic E-state index is 11.9. The number of hydrazone groups is 1. The van der Waals surface area contributed by atoms with Gasteiger partial charge in [0.25, 0.3) is 11.6 Å². The Morgan fingerprint density at radius 1 is 1.11 bits per heavy atom. The van der Waals surface area contributed by atoms with E-state index in [1.165, 1.54) is 12.3 Å². The van der Waals surface area contributed by atoms with Crippen molar-refractivity contribution in [2.75, 3.05) is 6.61 Å². The number of amides is 1. The van der Waals surface area contributed by atoms with Crippen LogP contribution in [0.25, 0.3) is 11.4 Å². The fraction of sp³-hybridized carbons (Fsp3) is 0.0435. The first kappa shape index (κ1) is 26.4. The predicted octanol–water partition coefficient (Wildman–Crippen LogP) is 6.02. The molecule has 14 heteroatoms. The van der Waals surface area contributed by atoms with Gasteiger partial charge < -0.3 is 4.74 Å². The van der Waals surface area contributed by atoms with Gasteiger partial charge in [0.15, 0.2) is 12.4 Å². The summed E-state index contributed by atoms with van der Waals surface area (Å²) in [6.45, 7) is -0.269. The molecule has 1 aromatic heterocycles. The minimum absolute atomic E-state index is 0.178. The Bertz CT molecular complexity index is 1480. The van der Waals surface area contributed by atoms with Gasteiger partial charge in [0.2, 0.25) is 5.16 Å². The summed E-state index contributed by atoms with van der Waals surface area (Å²) in [6, 6.07) is 15.9. The standard InChI is InChI=1S/C23H15Cl3N6O4S/c24-14-2-5-16(6-3-14)36-12-21(33)29-27-11-13-1-8-20(19(9-13)32(34)35)37-23-28-22(30-31-23)17-7-4-15(25)10-18(17)26/h1-11H,12H2,(H,29,33)(H,28,30,31)/b27-11-. The second kappa shape index (κ2) is 12.1. The fourth-order valence-electron chi connectivity index (χ4n) is 2.93. The second-order valence-electron chi connectivity index (χ2n) is 7.21. The van der Waals surface area contributed by atoms with Crippen LogP contribution in [0.3, 0.4) is 0 Å². The Morgan fingerprint density at radius 2 is 1.86 bits per heavy atom. The number of nitro groups is 1. The van der Waals surface area contributed by atoms with E-state index in [1.807, 2.05) is 0 Å². The Balaban J connectivity index is 1.39. The van der Waals surface area contributed by atoms with Gasteiger partial charge in [-0.3, -0.25) is 20.0 Å². The molecule has 10 nitrogen and oxygen atoms in total. The number of halogens is 3. The van der Waals surface area contributed by atoms with Gasteiger partial charge in [-0.25, -0.2) is 10.4 Å². The molecule has 0 bridgehead atoms. The Morgan fingerprint density at radius 3 is 2.59 bits per heavy atom. The molecule has 0 saturated carbocycles. The molecular weight excluding hydrogens is 563 g/mol. The van der Waals surface area contributed by atoms with Crippen LogP contribution in [0, 0.1) is 10.1 Å². The first-order valence-electron chi connectivity index (χ1n) is 10.3. The Kier molecular flexibility index (Phi) is 8.62. The molecule has 37 heavy (non-hydrogen) atoms. The van der Waals surface area contributed by atoms with E-state index in [0.29, 0.717) is 42.7 Å². The molecule has 4 rings (SSSR count). The van der Waals surface area contributed by atoms with E-state index in [2.05, 4.69) is 25.7 Å². The molecule has 1 amide bonds. The number of nitrogens with zero attached hydrogens (tertiary/aromatic N) is 4. The highest BCUT2D eigenvalue weighted by atomic mass is 35.5. The summed E-state index contributed by atoms with van der Waals surface area (Å²) < 4.78 is 5.33. The first-order valence-corrected chi connectivity index (χ1v) is 12.3. The number of aromatic nitrogens is 3. The molecule has 0 radical (unpaired) electrons. The quantitative estimate of drug-likeness (QED) is 0.141. The molecule has 2 N–H and O–H groups in total. The van der Waals surface area contributed by atoms with Crippen LogP contribution in [0.2, 0.25) is 15.1 Å². The number of carbonyl (C=O) groups excluding carboxylic acids is 1. The normalized spacial score (nSPS) is 11.0. The minimum atomic E-state index is -0.526. The van der Waals surface area contributed by atoms with Crippen LogP contribution < -0.4 is 10.2 Å². The van der Waals surface area contributed by atoms with Gasteiger partial charge in [-0.2, -0.15) is 5.10 Å². The lowest BCUT2D eigenvalue weighted by Crippen LogP contribution is -2.24. The molecular formula is C23H15Cl3N6O4S. The number of benzene rings is 3. The third kappa shape index (κ3) is 7.20. The van der Waals surface area contributed by atoms with E-state index < -0.39 is 10.8 Å². The third-order valence-corrected chi connectivity index (χ3v) is 6.35. The number of ether oxygens (including phenoxy) is 1. The van der Waals surface area contributed by atoms with Gasteiger partial charge in [0, 0.05) is 27.2 Å². The number of hydrogen-bond acceptors (Lipinski definition) is 8. The van der Waals surface area contributed by atoms with Crippen molar-refractivity contribution < 1.29 is 14.5 Å². The summed E-state index contributed by atoms with van der Waals surface area (Å²) in [4.78, 5) is 27.7. The molecule has 0 unspecified atom stereocenters. The van der Waals surface area contributed by atoms with Gasteiger partial charge in [-0.05, 0) is 60.3 Å². The van der Waals surface area contributed by atoms with Crippen LogP contribution in [0.4, 0.5) is 5.69 Å². The maximum absolute atomic E-state index is 11.9. The van der Waals surface area contributed by atoms with Gasteiger partial charge in [0.05, 0.1) is 21.1 Å². The van der Waals surface area contributed by atoms with E-state index in [-0.39, 0.29) is 17.5 Å². The number of nitrogens with one attached hydrogen (secondary N) is 2. The monoisotopic (exact) mass is 576 g/mol. The average molecular weight is 578 g/mol. The summed E-state index contributed by atoms with van der Waals surface area (Å²) in [6.07, 6.45) is 1.29. The van der Waals surface area contributed by atoms with E-state index in [4.69, 9.17) is 39.5 Å². The smallest absolute Gasteiger partial charge is 0.283 e. The van der Waals surface area contributed by atoms with Gasteiger partial charge in [-0.15, -0.1) is 5.10 Å². The van der Waals surface area contributed by atoms with Crippen LogP contribution in [0.1, 0.15) is 5.56 Å². The molecule has 0 spiro atoms. The first-order chi connectivity index (χ1) is 17.8. The minimum Gasteiger partial charge on any atom is -0.484 e. The summed E-state index contributed by atoms with van der Waals surface area (Å²) in [5.74, 6) is 0.363. The summed E-state index contributed by atoms with van der Waals surface area (Å²) in [7, 11) is 0. The number of hydrogen-bond donors (Lipinski definition) is 2. The molecule has 0 fully saturated rings. The number of nitro benzene ring substituents is 1. The molecule has 0 aliphatic rings. The van der Waals surface area contributed by atoms with E-state index in [9.17, 15) is 14.9 Å². The maximum Gasteiger partial charge on any atom is 0.283 e. The SMILES string of the molecule is O=C(COc1ccc(Cl)cc1)N/N=C\c1ccc(Sc2n[nH]c(-c3ccc(Cl)cc3Cl)n2)c([N+](=O)[O-])c1. The van der Waals surface area contributed by atoms with E-state index in [1.54, 1.807) is 54.6 Å². The lowest BCUT2D eigenvalue weighted by Gasteiger charge is -2.05. The van der Waals surface area contributed by atoms with Crippen molar-refractivity contribution in [3.05, 3.63) is 91.4 Å². The van der Waals surface area contributed by atoms with E-state index >= 15 is 0 Å². The van der Waals surface area contributed by atoms with Crippen molar-refractivity contribution >= 4 is 64.4 Å². The van der Waals surface area contributed by atoms with Crippen molar-refractivity contribution in [1.29, 1.82) is 0 Å². The van der Waals surface area contributed by atoms with Crippen molar-refractivity contribution in [1.82, 2.24) is 20.6 Å². The van der Waals surface area contributed by atoms with Crippen molar-refractivity contribution in [3.63, 3.8) is 0 Å². The second-order valence-corrected chi connectivity index (χ2v) is 9.50. The van der Waals surface area contributed by atoms with Crippen molar-refractivity contribution in [2.24, 2.45) is 5.10 Å². The van der Waals surface area contributed by atoms with Crippen LogP contribution in [-0.2, 0) is 4.79 Å².